The molecule has 1 unspecified atom stereocenters. The van der Waals surface area contributed by atoms with Gasteiger partial charge in [-0.2, -0.15) is 5.10 Å². The molecule has 3 rings (SSSR count). The van der Waals surface area contributed by atoms with E-state index in [0.29, 0.717) is 6.04 Å². The summed E-state index contributed by atoms with van der Waals surface area (Å²) in [6.45, 7) is 4.93. The molecule has 2 N–H and O–H groups in total. The maximum Gasteiger partial charge on any atom is 0.191 e. The number of aliphatic imine (C=N–C) groups is 1. The molecule has 0 amide bonds. The van der Waals surface area contributed by atoms with Gasteiger partial charge in [0.25, 0.3) is 0 Å². The molecule has 1 fully saturated rings. The fourth-order valence-corrected chi connectivity index (χ4v) is 3.80. The van der Waals surface area contributed by atoms with E-state index in [9.17, 15) is 0 Å². The minimum absolute atomic E-state index is 0.376. The Bertz CT molecular complexity index is 769. The quantitative estimate of drug-likeness (QED) is 0.591. The van der Waals surface area contributed by atoms with Crippen LogP contribution >= 0.6 is 15.9 Å². The van der Waals surface area contributed by atoms with Crippen LogP contribution in [0.4, 0.5) is 5.69 Å². The van der Waals surface area contributed by atoms with E-state index in [2.05, 4.69) is 72.9 Å². The highest BCUT2D eigenvalue weighted by molar-refractivity contribution is 9.10. The predicted octanol–water partition coefficient (Wildman–Crippen LogP) is 2.83. The zero-order chi connectivity index (χ0) is 18.5. The molecule has 1 atom stereocenters. The molecule has 0 bridgehead atoms. The van der Waals surface area contributed by atoms with Crippen molar-refractivity contribution < 1.29 is 0 Å². The average molecular weight is 419 g/mol. The predicted molar refractivity (Wildman–Crippen MR) is 111 cm³/mol. The number of halogens is 1. The second kappa shape index (κ2) is 8.58. The lowest BCUT2D eigenvalue weighted by Gasteiger charge is -2.34. The van der Waals surface area contributed by atoms with Gasteiger partial charge < -0.3 is 15.5 Å². The number of rotatable bonds is 4. The first-order valence-electron chi connectivity index (χ1n) is 9.01. The molecule has 0 saturated carbocycles. The molecule has 26 heavy (non-hydrogen) atoms. The van der Waals surface area contributed by atoms with E-state index < -0.39 is 0 Å². The third-order valence-electron chi connectivity index (χ3n) is 4.79. The van der Waals surface area contributed by atoms with Crippen molar-refractivity contribution in [1.82, 2.24) is 20.4 Å². The molecule has 1 aliphatic heterocycles. The van der Waals surface area contributed by atoms with E-state index in [1.807, 2.05) is 25.0 Å². The highest BCUT2D eigenvalue weighted by Gasteiger charge is 2.21. The van der Waals surface area contributed by atoms with Gasteiger partial charge in [0.05, 0.1) is 11.9 Å². The molecule has 2 heterocycles. The minimum Gasteiger partial charge on any atom is -0.367 e. The van der Waals surface area contributed by atoms with Crippen molar-refractivity contribution in [3.8, 4) is 0 Å². The molecule has 1 aromatic heterocycles. The first-order valence-corrected chi connectivity index (χ1v) is 9.80. The molecule has 6 nitrogen and oxygen atoms in total. The van der Waals surface area contributed by atoms with Gasteiger partial charge in [-0.3, -0.25) is 9.67 Å². The van der Waals surface area contributed by atoms with Crippen molar-refractivity contribution in [1.29, 1.82) is 0 Å². The molecule has 2 aromatic rings. The number of nitrogens with zero attached hydrogens (tertiary/aromatic N) is 4. The number of nitrogens with one attached hydrogen (secondary N) is 2. The maximum absolute atomic E-state index is 4.40. The van der Waals surface area contributed by atoms with Gasteiger partial charge in [0.15, 0.2) is 5.96 Å². The molecule has 140 valence electrons. The molecular formula is C19H27BrN6. The van der Waals surface area contributed by atoms with Crippen LogP contribution in [-0.2, 0) is 13.6 Å². The van der Waals surface area contributed by atoms with Crippen LogP contribution in [-0.4, -0.2) is 41.9 Å². The largest absolute Gasteiger partial charge is 0.367 e. The monoisotopic (exact) mass is 418 g/mol. The van der Waals surface area contributed by atoms with Gasteiger partial charge in [-0.1, -0.05) is 22.0 Å². The maximum atomic E-state index is 4.40. The van der Waals surface area contributed by atoms with E-state index in [4.69, 9.17) is 0 Å². The number of guanidine groups is 1. The summed E-state index contributed by atoms with van der Waals surface area (Å²) >= 11 is 3.51. The molecule has 0 radical (unpaired) electrons. The molecule has 1 saturated heterocycles. The van der Waals surface area contributed by atoms with Crippen LogP contribution in [0.1, 0.15) is 24.0 Å². The van der Waals surface area contributed by atoms with Gasteiger partial charge in [-0.15, -0.1) is 0 Å². The Labute approximate surface area is 163 Å². The zero-order valence-electron chi connectivity index (χ0n) is 15.7. The molecule has 0 aliphatic carbocycles. The second-order valence-electron chi connectivity index (χ2n) is 6.80. The third-order valence-corrected chi connectivity index (χ3v) is 5.29. The molecular weight excluding hydrogens is 392 g/mol. The Kier molecular flexibility index (Phi) is 6.19. The van der Waals surface area contributed by atoms with Gasteiger partial charge >= 0.3 is 0 Å². The highest BCUT2D eigenvalue weighted by Crippen LogP contribution is 2.19. The van der Waals surface area contributed by atoms with Crippen molar-refractivity contribution in [2.24, 2.45) is 12.0 Å². The normalized spacial score (nSPS) is 18.1. The summed E-state index contributed by atoms with van der Waals surface area (Å²) in [5.74, 6) is 0.852. The number of aryl methyl sites for hydroxylation is 2. The lowest BCUT2D eigenvalue weighted by atomic mass is 10.1. The Hall–Kier alpha value is -2.02. The number of hydrogen-bond acceptors (Lipinski definition) is 3. The molecule has 1 aromatic carbocycles. The SMILES string of the molecule is CN=C(NCc1ccc(Br)cc1C)NC1CCCN(c2cnn(C)c2)C1. The molecule has 1 aliphatic rings. The number of benzene rings is 1. The van der Waals surface area contributed by atoms with Gasteiger partial charge in [0.1, 0.15) is 0 Å². The van der Waals surface area contributed by atoms with Crippen LogP contribution in [0.15, 0.2) is 40.1 Å². The Morgan fingerprint density at radius 1 is 1.42 bits per heavy atom. The van der Waals surface area contributed by atoms with Crippen LogP contribution in [0, 0.1) is 6.92 Å². The van der Waals surface area contributed by atoms with E-state index in [0.717, 1.165) is 42.9 Å². The smallest absolute Gasteiger partial charge is 0.191 e. The van der Waals surface area contributed by atoms with Crippen LogP contribution in [0.5, 0.6) is 0 Å². The van der Waals surface area contributed by atoms with Crippen molar-refractivity contribution in [2.45, 2.75) is 32.4 Å². The first kappa shape index (κ1) is 18.8. The van der Waals surface area contributed by atoms with Crippen molar-refractivity contribution >= 4 is 27.6 Å². The number of anilines is 1. The van der Waals surface area contributed by atoms with E-state index in [1.165, 1.54) is 16.8 Å². The number of aromatic nitrogens is 2. The Morgan fingerprint density at radius 3 is 2.96 bits per heavy atom. The van der Waals surface area contributed by atoms with E-state index >= 15 is 0 Å². The topological polar surface area (TPSA) is 57.5 Å². The lowest BCUT2D eigenvalue weighted by Crippen LogP contribution is -2.51. The average Bonchev–Trinajstić information content (AvgIpc) is 3.06. The van der Waals surface area contributed by atoms with Crippen LogP contribution in [0.3, 0.4) is 0 Å². The van der Waals surface area contributed by atoms with Gasteiger partial charge in [-0.25, -0.2) is 0 Å². The molecule has 7 heteroatoms. The lowest BCUT2D eigenvalue weighted by molar-refractivity contribution is 0.468. The van der Waals surface area contributed by atoms with Crippen molar-refractivity contribution in [3.05, 3.63) is 46.2 Å². The second-order valence-corrected chi connectivity index (χ2v) is 7.71. The van der Waals surface area contributed by atoms with Crippen molar-refractivity contribution in [2.75, 3.05) is 25.0 Å². The first-order chi connectivity index (χ1) is 12.5. The van der Waals surface area contributed by atoms with E-state index in [-0.39, 0.29) is 0 Å². The van der Waals surface area contributed by atoms with Gasteiger partial charge in [0.2, 0.25) is 0 Å². The molecule has 0 spiro atoms. The summed E-state index contributed by atoms with van der Waals surface area (Å²) in [5.41, 5.74) is 3.73. The van der Waals surface area contributed by atoms with Crippen molar-refractivity contribution in [3.63, 3.8) is 0 Å². The zero-order valence-corrected chi connectivity index (χ0v) is 17.3. The number of hydrogen-bond donors (Lipinski definition) is 2. The van der Waals surface area contributed by atoms with E-state index in [1.54, 1.807) is 0 Å². The van der Waals surface area contributed by atoms with Crippen LogP contribution in [0.25, 0.3) is 0 Å². The minimum atomic E-state index is 0.376. The fourth-order valence-electron chi connectivity index (χ4n) is 3.33. The number of piperidine rings is 1. The summed E-state index contributed by atoms with van der Waals surface area (Å²) in [6.07, 6.45) is 6.32. The summed E-state index contributed by atoms with van der Waals surface area (Å²) < 4.78 is 2.96. The summed E-state index contributed by atoms with van der Waals surface area (Å²) in [7, 11) is 3.78. The summed E-state index contributed by atoms with van der Waals surface area (Å²) in [4.78, 5) is 6.79. The standard InChI is InChI=1S/C19H27BrN6/c1-14-9-16(20)7-6-15(14)10-22-19(21-2)24-17-5-4-8-26(12-17)18-11-23-25(3)13-18/h6-7,9,11,13,17H,4-5,8,10,12H2,1-3H3,(H2,21,22,24). The summed E-state index contributed by atoms with van der Waals surface area (Å²) in [6, 6.07) is 6.73. The fraction of sp³-hybridized carbons (Fsp3) is 0.474. The Balaban J connectivity index is 1.55. The summed E-state index contributed by atoms with van der Waals surface area (Å²) in [5, 5.41) is 11.3. The van der Waals surface area contributed by atoms with Gasteiger partial charge in [-0.05, 0) is 43.0 Å². The highest BCUT2D eigenvalue weighted by atomic mass is 79.9. The van der Waals surface area contributed by atoms with Gasteiger partial charge in [0, 0.05) is 50.4 Å². The van der Waals surface area contributed by atoms with Crippen LogP contribution < -0.4 is 15.5 Å². The Morgan fingerprint density at radius 2 is 2.27 bits per heavy atom. The van der Waals surface area contributed by atoms with Crippen LogP contribution in [0.2, 0.25) is 0 Å². The third kappa shape index (κ3) is 4.78.